The molecule has 0 atom stereocenters. The number of nitrogens with zero attached hydrogens (tertiary/aromatic N) is 1. The first kappa shape index (κ1) is 21.2. The number of halogens is 1. The van der Waals surface area contributed by atoms with Gasteiger partial charge in [-0.05, 0) is 59.7 Å². The lowest BCUT2D eigenvalue weighted by atomic mass is 10.2. The van der Waals surface area contributed by atoms with Crippen LogP contribution in [0.15, 0.2) is 77.9 Å². The zero-order chi connectivity index (χ0) is 21.2. The topological polar surface area (TPSA) is 69.2 Å². The zero-order valence-electron chi connectivity index (χ0n) is 16.4. The highest BCUT2D eigenvalue weighted by Crippen LogP contribution is 2.25. The second-order valence-corrected chi connectivity index (χ2v) is 6.66. The van der Waals surface area contributed by atoms with Gasteiger partial charge in [-0.3, -0.25) is 4.79 Å². The fourth-order valence-corrected chi connectivity index (χ4v) is 2.75. The number of hydrogen-bond donors (Lipinski definition) is 1. The van der Waals surface area contributed by atoms with Gasteiger partial charge in [-0.1, -0.05) is 35.9 Å². The Labute approximate surface area is 180 Å². The maximum atomic E-state index is 11.9. The first-order valence-electron chi connectivity index (χ1n) is 9.19. The molecule has 3 rings (SSSR count). The average Bonchev–Trinajstić information content (AvgIpc) is 2.77. The number of amides is 1. The number of hydrogen-bond acceptors (Lipinski definition) is 5. The van der Waals surface area contributed by atoms with E-state index >= 15 is 0 Å². The van der Waals surface area contributed by atoms with E-state index in [1.807, 2.05) is 54.6 Å². The molecule has 0 unspecified atom stereocenters. The number of para-hydroxylation sites is 2. The van der Waals surface area contributed by atoms with Crippen molar-refractivity contribution in [3.63, 3.8) is 0 Å². The van der Waals surface area contributed by atoms with E-state index < -0.39 is 0 Å². The van der Waals surface area contributed by atoms with E-state index in [4.69, 9.17) is 25.8 Å². The molecule has 0 heterocycles. The summed E-state index contributed by atoms with van der Waals surface area (Å²) in [6.45, 7) is 0.254. The highest BCUT2D eigenvalue weighted by Gasteiger charge is 2.06. The Balaban J connectivity index is 1.44. The molecule has 0 fully saturated rings. The summed E-state index contributed by atoms with van der Waals surface area (Å²) in [5.41, 5.74) is 4.23. The smallest absolute Gasteiger partial charge is 0.277 e. The van der Waals surface area contributed by atoms with Crippen molar-refractivity contribution >= 4 is 23.7 Å². The molecule has 7 heteroatoms. The molecular formula is C23H21ClN2O4. The molecule has 6 nitrogen and oxygen atoms in total. The van der Waals surface area contributed by atoms with Crippen LogP contribution in [0.3, 0.4) is 0 Å². The third kappa shape index (κ3) is 6.53. The number of ether oxygens (including phenoxy) is 3. The number of rotatable bonds is 9. The fourth-order valence-electron chi connectivity index (χ4n) is 2.54. The summed E-state index contributed by atoms with van der Waals surface area (Å²) < 4.78 is 16.4. The zero-order valence-corrected chi connectivity index (χ0v) is 17.1. The third-order valence-corrected chi connectivity index (χ3v) is 4.24. The fraction of sp³-hybridized carbons (Fsp3) is 0.130. The molecule has 0 aromatic heterocycles. The Kier molecular flexibility index (Phi) is 7.69. The van der Waals surface area contributed by atoms with Crippen LogP contribution in [-0.2, 0) is 11.4 Å². The lowest BCUT2D eigenvalue weighted by molar-refractivity contribution is -0.123. The maximum Gasteiger partial charge on any atom is 0.277 e. The predicted octanol–water partition coefficient (Wildman–Crippen LogP) is 4.46. The van der Waals surface area contributed by atoms with Gasteiger partial charge >= 0.3 is 0 Å². The summed E-state index contributed by atoms with van der Waals surface area (Å²) >= 11 is 5.97. The van der Waals surface area contributed by atoms with Gasteiger partial charge in [0.15, 0.2) is 18.1 Å². The van der Waals surface area contributed by atoms with Crippen LogP contribution in [0.5, 0.6) is 17.2 Å². The molecule has 0 bridgehead atoms. The van der Waals surface area contributed by atoms with E-state index in [1.165, 1.54) is 0 Å². The maximum absolute atomic E-state index is 11.9. The number of nitrogens with one attached hydrogen (secondary N) is 1. The summed E-state index contributed by atoms with van der Waals surface area (Å²) in [4.78, 5) is 11.9. The van der Waals surface area contributed by atoms with Gasteiger partial charge in [0.1, 0.15) is 12.4 Å². The van der Waals surface area contributed by atoms with Gasteiger partial charge in [0.25, 0.3) is 5.91 Å². The summed E-state index contributed by atoms with van der Waals surface area (Å²) in [7, 11) is 1.54. The van der Waals surface area contributed by atoms with E-state index in [0.29, 0.717) is 23.1 Å². The molecule has 0 spiro atoms. The molecule has 0 aliphatic heterocycles. The molecule has 0 aliphatic carbocycles. The van der Waals surface area contributed by atoms with E-state index in [-0.39, 0.29) is 12.5 Å². The van der Waals surface area contributed by atoms with E-state index in [0.717, 1.165) is 16.9 Å². The Bertz CT molecular complexity index is 1010. The van der Waals surface area contributed by atoms with Gasteiger partial charge in [0.2, 0.25) is 0 Å². The van der Waals surface area contributed by atoms with Crippen molar-refractivity contribution in [2.45, 2.75) is 6.61 Å². The van der Waals surface area contributed by atoms with E-state index in [2.05, 4.69) is 10.5 Å². The van der Waals surface area contributed by atoms with Crippen LogP contribution in [0.25, 0.3) is 0 Å². The Morgan fingerprint density at radius 1 is 1.00 bits per heavy atom. The minimum absolute atomic E-state index is 0.173. The van der Waals surface area contributed by atoms with Crippen molar-refractivity contribution in [1.82, 2.24) is 5.43 Å². The molecule has 0 aliphatic rings. The number of carbonyl (C=O) groups is 1. The lowest BCUT2D eigenvalue weighted by Crippen LogP contribution is -2.24. The Morgan fingerprint density at radius 3 is 2.50 bits per heavy atom. The first-order valence-corrected chi connectivity index (χ1v) is 9.57. The summed E-state index contributed by atoms with van der Waals surface area (Å²) in [5.74, 6) is 1.40. The Hall–Kier alpha value is -3.51. The standard InChI is InChI=1S/C23H21ClN2O4/c1-28-21-7-2-3-8-22(21)30-16-23(27)26-25-14-17-9-11-20(12-10-17)29-15-18-5-4-6-19(24)13-18/h2-14H,15-16H2,1H3,(H,26,27)/b25-14-. The van der Waals surface area contributed by atoms with Crippen molar-refractivity contribution in [1.29, 1.82) is 0 Å². The Morgan fingerprint density at radius 2 is 1.77 bits per heavy atom. The molecular weight excluding hydrogens is 404 g/mol. The van der Waals surface area contributed by atoms with Crippen LogP contribution in [0.1, 0.15) is 11.1 Å². The monoisotopic (exact) mass is 424 g/mol. The van der Waals surface area contributed by atoms with E-state index in [9.17, 15) is 4.79 Å². The lowest BCUT2D eigenvalue weighted by Gasteiger charge is -2.09. The van der Waals surface area contributed by atoms with Crippen LogP contribution in [0.2, 0.25) is 5.02 Å². The highest BCUT2D eigenvalue weighted by atomic mass is 35.5. The SMILES string of the molecule is COc1ccccc1OCC(=O)N/N=C\c1ccc(OCc2cccc(Cl)c2)cc1. The molecule has 0 radical (unpaired) electrons. The second-order valence-electron chi connectivity index (χ2n) is 6.22. The van der Waals surface area contributed by atoms with Crippen LogP contribution in [0.4, 0.5) is 0 Å². The van der Waals surface area contributed by atoms with Gasteiger partial charge in [-0.15, -0.1) is 0 Å². The molecule has 0 saturated heterocycles. The first-order chi connectivity index (χ1) is 14.6. The highest BCUT2D eigenvalue weighted by molar-refractivity contribution is 6.30. The summed E-state index contributed by atoms with van der Waals surface area (Å²) in [5, 5.41) is 4.62. The van der Waals surface area contributed by atoms with Gasteiger partial charge < -0.3 is 14.2 Å². The largest absolute Gasteiger partial charge is 0.493 e. The predicted molar refractivity (Wildman–Crippen MR) is 116 cm³/mol. The van der Waals surface area contributed by atoms with E-state index in [1.54, 1.807) is 31.5 Å². The van der Waals surface area contributed by atoms with Gasteiger partial charge in [-0.2, -0.15) is 5.10 Å². The van der Waals surface area contributed by atoms with Crippen molar-refractivity contribution < 1.29 is 19.0 Å². The second kappa shape index (κ2) is 10.9. The molecule has 0 saturated carbocycles. The van der Waals surface area contributed by atoms with Crippen molar-refractivity contribution in [2.75, 3.05) is 13.7 Å². The van der Waals surface area contributed by atoms with Crippen LogP contribution < -0.4 is 19.6 Å². The van der Waals surface area contributed by atoms with Gasteiger partial charge in [-0.25, -0.2) is 5.43 Å². The normalized spacial score (nSPS) is 10.6. The van der Waals surface area contributed by atoms with Crippen LogP contribution in [0, 0.1) is 0 Å². The molecule has 3 aromatic carbocycles. The van der Waals surface area contributed by atoms with Crippen molar-refractivity contribution in [3.8, 4) is 17.2 Å². The molecule has 3 aromatic rings. The number of hydrazone groups is 1. The average molecular weight is 425 g/mol. The number of methoxy groups -OCH3 is 1. The quantitative estimate of drug-likeness (QED) is 0.407. The third-order valence-electron chi connectivity index (χ3n) is 4.01. The molecule has 1 N–H and O–H groups in total. The minimum Gasteiger partial charge on any atom is -0.493 e. The number of carbonyl (C=O) groups excluding carboxylic acids is 1. The number of benzene rings is 3. The molecule has 154 valence electrons. The molecule has 30 heavy (non-hydrogen) atoms. The van der Waals surface area contributed by atoms with Crippen LogP contribution in [-0.4, -0.2) is 25.8 Å². The van der Waals surface area contributed by atoms with Crippen molar-refractivity contribution in [3.05, 3.63) is 88.9 Å². The summed E-state index contributed by atoms with van der Waals surface area (Å²) in [6, 6.07) is 22.0. The molecule has 1 amide bonds. The minimum atomic E-state index is -0.376. The van der Waals surface area contributed by atoms with Gasteiger partial charge in [0, 0.05) is 5.02 Å². The van der Waals surface area contributed by atoms with Crippen LogP contribution >= 0.6 is 11.6 Å². The summed E-state index contributed by atoms with van der Waals surface area (Å²) in [6.07, 6.45) is 1.54. The van der Waals surface area contributed by atoms with Gasteiger partial charge in [0.05, 0.1) is 13.3 Å². The van der Waals surface area contributed by atoms with Crippen molar-refractivity contribution in [2.24, 2.45) is 5.10 Å².